The molecule has 0 unspecified atom stereocenters. The van der Waals surface area contributed by atoms with Crippen LogP contribution in [0.25, 0.3) is 16.4 Å². The summed E-state index contributed by atoms with van der Waals surface area (Å²) in [6, 6.07) is 4.03. The zero-order valence-electron chi connectivity index (χ0n) is 16.2. The number of aromatic nitrogens is 4. The molecule has 148 valence electrons. The smallest absolute Gasteiger partial charge is 0.227 e. The Bertz CT molecular complexity index is 1040. The Kier molecular flexibility index (Phi) is 4.63. The van der Waals surface area contributed by atoms with Crippen LogP contribution in [0.4, 0.5) is 17.5 Å². The lowest BCUT2D eigenvalue weighted by atomic mass is 10.1. The van der Waals surface area contributed by atoms with Crippen LogP contribution in [-0.4, -0.2) is 39.6 Å². The molecular weight excluding hydrogens is 382 g/mol. The number of pyridine rings is 1. The highest BCUT2D eigenvalue weighted by Crippen LogP contribution is 2.40. The van der Waals surface area contributed by atoms with Crippen LogP contribution in [0, 0.1) is 0 Å². The van der Waals surface area contributed by atoms with Gasteiger partial charge in [0.15, 0.2) is 0 Å². The highest BCUT2D eigenvalue weighted by Gasteiger charge is 2.30. The first-order valence-corrected chi connectivity index (χ1v) is 10.8. The molecule has 2 aliphatic heterocycles. The lowest BCUT2D eigenvalue weighted by molar-refractivity contribution is 0.568. The van der Waals surface area contributed by atoms with Crippen LogP contribution >= 0.6 is 11.3 Å². The molecule has 2 N–H and O–H groups in total. The second kappa shape index (κ2) is 7.44. The van der Waals surface area contributed by atoms with E-state index in [4.69, 9.17) is 20.7 Å². The monoisotopic (exact) mass is 405 g/mol. The van der Waals surface area contributed by atoms with E-state index in [2.05, 4.69) is 27.4 Å². The van der Waals surface area contributed by atoms with Crippen molar-refractivity contribution in [3.05, 3.63) is 47.7 Å². The quantitative estimate of drug-likeness (QED) is 0.710. The van der Waals surface area contributed by atoms with E-state index in [9.17, 15) is 0 Å². The Morgan fingerprint density at radius 3 is 2.69 bits per heavy atom. The van der Waals surface area contributed by atoms with Gasteiger partial charge in [-0.25, -0.2) is 9.97 Å². The van der Waals surface area contributed by atoms with Crippen molar-refractivity contribution >= 4 is 34.5 Å². The number of anilines is 3. The lowest BCUT2D eigenvalue weighted by Gasteiger charge is -2.28. The van der Waals surface area contributed by atoms with Gasteiger partial charge in [-0.1, -0.05) is 6.58 Å². The molecule has 0 radical (unpaired) electrons. The second-order valence-electron chi connectivity index (χ2n) is 7.40. The second-order valence-corrected chi connectivity index (χ2v) is 8.26. The normalized spacial score (nSPS) is 16.1. The summed E-state index contributed by atoms with van der Waals surface area (Å²) in [5, 5.41) is 2.82. The Morgan fingerprint density at radius 1 is 1.10 bits per heavy atom. The molecule has 0 atom stereocenters. The molecule has 0 aliphatic carbocycles. The average molecular weight is 406 g/mol. The van der Waals surface area contributed by atoms with Gasteiger partial charge in [0.25, 0.3) is 0 Å². The summed E-state index contributed by atoms with van der Waals surface area (Å²) in [5.74, 6) is 1.75. The van der Waals surface area contributed by atoms with Crippen LogP contribution in [0.5, 0.6) is 0 Å². The van der Waals surface area contributed by atoms with Gasteiger partial charge in [-0.2, -0.15) is 4.98 Å². The molecule has 5 rings (SSSR count). The number of fused-ring (bicyclic) bond motifs is 1. The minimum Gasteiger partial charge on any atom is -0.397 e. The zero-order valence-corrected chi connectivity index (χ0v) is 17.0. The summed E-state index contributed by atoms with van der Waals surface area (Å²) >= 11 is 1.56. The van der Waals surface area contributed by atoms with Crippen molar-refractivity contribution in [3.8, 4) is 10.7 Å². The Balaban J connectivity index is 1.64. The Labute approximate surface area is 174 Å². The van der Waals surface area contributed by atoms with E-state index in [0.29, 0.717) is 5.70 Å². The van der Waals surface area contributed by atoms with Gasteiger partial charge >= 0.3 is 0 Å². The highest BCUT2D eigenvalue weighted by atomic mass is 32.1. The summed E-state index contributed by atoms with van der Waals surface area (Å²) in [6.07, 6.45) is 8.18. The summed E-state index contributed by atoms with van der Waals surface area (Å²) in [7, 11) is 0. The summed E-state index contributed by atoms with van der Waals surface area (Å²) < 4.78 is 0. The third kappa shape index (κ3) is 3.33. The molecular formula is C21H23N7S. The predicted octanol–water partition coefficient (Wildman–Crippen LogP) is 3.61. The fourth-order valence-electron chi connectivity index (χ4n) is 3.95. The van der Waals surface area contributed by atoms with E-state index >= 15 is 0 Å². The minimum atomic E-state index is 0.478. The minimum absolute atomic E-state index is 0.478. The molecule has 8 heteroatoms. The van der Waals surface area contributed by atoms with Crippen LogP contribution in [-0.2, 0) is 6.42 Å². The van der Waals surface area contributed by atoms with E-state index in [0.717, 1.165) is 65.5 Å². The molecule has 0 saturated carbocycles. The lowest BCUT2D eigenvalue weighted by Crippen LogP contribution is -2.31. The molecule has 1 saturated heterocycles. The standard InChI is InChI=1S/C21H23N7S/c1-14(22)17-13-29-20(24-17)18-16-7-11-28(15-6-5-8-23-12-15)19(16)26-21(25-18)27-9-3-2-4-10-27/h5-6,8,12-13H,1-4,7,9-11,22H2. The third-order valence-corrected chi connectivity index (χ3v) is 6.30. The Morgan fingerprint density at radius 2 is 1.97 bits per heavy atom. The van der Waals surface area contributed by atoms with E-state index in [1.165, 1.54) is 19.3 Å². The summed E-state index contributed by atoms with van der Waals surface area (Å²) in [4.78, 5) is 23.5. The molecule has 5 heterocycles. The van der Waals surface area contributed by atoms with Crippen molar-refractivity contribution in [1.82, 2.24) is 19.9 Å². The van der Waals surface area contributed by atoms with E-state index in [1.54, 1.807) is 17.5 Å². The predicted molar refractivity (Wildman–Crippen MR) is 117 cm³/mol. The van der Waals surface area contributed by atoms with Gasteiger partial charge in [0, 0.05) is 36.8 Å². The van der Waals surface area contributed by atoms with E-state index in [-0.39, 0.29) is 0 Å². The molecule has 3 aromatic heterocycles. The topological polar surface area (TPSA) is 84.1 Å². The first-order chi connectivity index (χ1) is 14.2. The van der Waals surface area contributed by atoms with Gasteiger partial charge in [0.1, 0.15) is 16.5 Å². The van der Waals surface area contributed by atoms with Gasteiger partial charge in [0.2, 0.25) is 5.95 Å². The van der Waals surface area contributed by atoms with Crippen LogP contribution in [0.2, 0.25) is 0 Å². The number of thiazole rings is 1. The number of nitrogens with two attached hydrogens (primary N) is 1. The molecule has 0 bridgehead atoms. The van der Waals surface area contributed by atoms with Gasteiger partial charge < -0.3 is 15.5 Å². The first-order valence-electron chi connectivity index (χ1n) is 9.95. The van der Waals surface area contributed by atoms with Gasteiger partial charge in [-0.05, 0) is 37.8 Å². The first kappa shape index (κ1) is 18.1. The van der Waals surface area contributed by atoms with Gasteiger partial charge in [0.05, 0.1) is 23.3 Å². The molecule has 29 heavy (non-hydrogen) atoms. The highest BCUT2D eigenvalue weighted by molar-refractivity contribution is 7.13. The molecule has 7 nitrogen and oxygen atoms in total. The maximum Gasteiger partial charge on any atom is 0.227 e. The fourth-order valence-corrected chi connectivity index (χ4v) is 4.81. The summed E-state index contributed by atoms with van der Waals surface area (Å²) in [6.45, 7) is 6.66. The number of hydrogen-bond acceptors (Lipinski definition) is 8. The Hall–Kier alpha value is -3.00. The fraction of sp³-hybridized carbons (Fsp3) is 0.333. The maximum absolute atomic E-state index is 5.86. The SMILES string of the molecule is C=C(N)c1csc(-c2nc(N3CCCCC3)nc3c2CCN3c2cccnc2)n1. The zero-order chi connectivity index (χ0) is 19.8. The van der Waals surface area contributed by atoms with Crippen molar-refractivity contribution in [3.63, 3.8) is 0 Å². The average Bonchev–Trinajstić information content (AvgIpc) is 3.42. The van der Waals surface area contributed by atoms with E-state index in [1.807, 2.05) is 17.6 Å². The van der Waals surface area contributed by atoms with Crippen molar-refractivity contribution in [2.75, 3.05) is 29.4 Å². The van der Waals surface area contributed by atoms with Crippen molar-refractivity contribution in [1.29, 1.82) is 0 Å². The van der Waals surface area contributed by atoms with Gasteiger partial charge in [-0.3, -0.25) is 4.98 Å². The van der Waals surface area contributed by atoms with E-state index < -0.39 is 0 Å². The van der Waals surface area contributed by atoms with Crippen LogP contribution in [0.1, 0.15) is 30.5 Å². The van der Waals surface area contributed by atoms with Gasteiger partial charge in [-0.15, -0.1) is 11.3 Å². The van der Waals surface area contributed by atoms with Crippen LogP contribution in [0.3, 0.4) is 0 Å². The number of piperidine rings is 1. The summed E-state index contributed by atoms with van der Waals surface area (Å²) in [5.41, 5.74) is 10.2. The molecule has 1 fully saturated rings. The number of rotatable bonds is 4. The van der Waals surface area contributed by atoms with Crippen molar-refractivity contribution in [2.24, 2.45) is 5.73 Å². The number of hydrogen-bond donors (Lipinski definition) is 1. The molecule has 3 aromatic rings. The molecule has 2 aliphatic rings. The third-order valence-electron chi connectivity index (χ3n) is 5.45. The van der Waals surface area contributed by atoms with Crippen LogP contribution in [0.15, 0.2) is 36.5 Å². The molecule has 0 spiro atoms. The molecule has 0 aromatic carbocycles. The van der Waals surface area contributed by atoms with Crippen LogP contribution < -0.4 is 15.5 Å². The largest absolute Gasteiger partial charge is 0.397 e. The maximum atomic E-state index is 5.86. The molecule has 0 amide bonds. The number of nitrogens with zero attached hydrogens (tertiary/aromatic N) is 6. The van der Waals surface area contributed by atoms with Crippen molar-refractivity contribution < 1.29 is 0 Å². The van der Waals surface area contributed by atoms with Crippen molar-refractivity contribution in [2.45, 2.75) is 25.7 Å².